The van der Waals surface area contributed by atoms with E-state index in [4.69, 9.17) is 0 Å². The van der Waals surface area contributed by atoms with E-state index in [1.54, 1.807) is 50.2 Å². The lowest BCUT2D eigenvalue weighted by Gasteiger charge is -2.11. The van der Waals surface area contributed by atoms with Gasteiger partial charge in [-0.15, -0.1) is 0 Å². The summed E-state index contributed by atoms with van der Waals surface area (Å²) in [4.78, 5) is 16.2. The molecular formula is C18H19N3O3S2. The van der Waals surface area contributed by atoms with Crippen molar-refractivity contribution < 1.29 is 13.2 Å². The van der Waals surface area contributed by atoms with Gasteiger partial charge in [0.1, 0.15) is 0 Å². The molecule has 2 N–H and O–H groups in total. The third kappa shape index (κ3) is 3.71. The number of nitrogens with one attached hydrogen (secondary N) is 2. The zero-order chi connectivity index (χ0) is 18.9. The average Bonchev–Trinajstić information content (AvgIpc) is 2.97. The lowest BCUT2D eigenvalue weighted by atomic mass is 10.2. The van der Waals surface area contributed by atoms with Gasteiger partial charge in [-0.3, -0.25) is 9.52 Å². The molecule has 0 unspecified atom stereocenters. The minimum absolute atomic E-state index is 0.109. The Hall–Kier alpha value is -2.45. The number of carbonyl (C=O) groups excluding carboxylic acids is 1. The Labute approximate surface area is 156 Å². The summed E-state index contributed by atoms with van der Waals surface area (Å²) in [5, 5.41) is 3.25. The summed E-state index contributed by atoms with van der Waals surface area (Å²) < 4.78 is 28.8. The van der Waals surface area contributed by atoms with Crippen LogP contribution in [-0.4, -0.2) is 19.3 Å². The van der Waals surface area contributed by atoms with E-state index in [1.165, 1.54) is 11.3 Å². The van der Waals surface area contributed by atoms with Crippen molar-refractivity contribution in [2.75, 3.05) is 10.0 Å². The number of sulfonamides is 1. The number of aryl methyl sites for hydroxylation is 2. The van der Waals surface area contributed by atoms with Crippen LogP contribution in [0.3, 0.4) is 0 Å². The smallest absolute Gasteiger partial charge is 0.262 e. The van der Waals surface area contributed by atoms with Crippen LogP contribution in [0.2, 0.25) is 0 Å². The van der Waals surface area contributed by atoms with Gasteiger partial charge in [0.2, 0.25) is 5.91 Å². The van der Waals surface area contributed by atoms with Gasteiger partial charge in [0.25, 0.3) is 10.0 Å². The summed E-state index contributed by atoms with van der Waals surface area (Å²) in [5.74, 6) is -0.109. The van der Waals surface area contributed by atoms with Crippen LogP contribution in [0.1, 0.15) is 24.5 Å². The number of fused-ring (bicyclic) bond motifs is 1. The molecule has 0 spiro atoms. The van der Waals surface area contributed by atoms with Crippen molar-refractivity contribution in [2.45, 2.75) is 32.1 Å². The van der Waals surface area contributed by atoms with Gasteiger partial charge in [0.05, 0.1) is 20.8 Å². The molecular weight excluding hydrogens is 370 g/mol. The van der Waals surface area contributed by atoms with Crippen LogP contribution in [-0.2, 0) is 14.8 Å². The fourth-order valence-electron chi connectivity index (χ4n) is 2.58. The van der Waals surface area contributed by atoms with Crippen LogP contribution in [0.5, 0.6) is 0 Å². The lowest BCUT2D eigenvalue weighted by molar-refractivity contribution is -0.115. The molecule has 0 aliphatic carbocycles. The maximum atomic E-state index is 12.7. The first-order valence-electron chi connectivity index (χ1n) is 8.09. The normalized spacial score (nSPS) is 11.5. The standard InChI is InChI=1S/C18H19N3O3S2/c1-4-16(22)19-18-20-17-12(3)9-13(10-14(17)25-18)21-26(23,24)15-8-6-5-7-11(15)2/h5-10,21H,4H2,1-3H3,(H,19,20,22). The fraction of sp³-hybridized carbons (Fsp3) is 0.222. The summed E-state index contributed by atoms with van der Waals surface area (Å²) >= 11 is 1.32. The van der Waals surface area contributed by atoms with E-state index in [-0.39, 0.29) is 10.8 Å². The number of amides is 1. The van der Waals surface area contributed by atoms with E-state index in [2.05, 4.69) is 15.0 Å². The molecule has 1 amide bonds. The Kier molecular flexibility index (Phi) is 4.97. The van der Waals surface area contributed by atoms with E-state index in [0.29, 0.717) is 22.8 Å². The van der Waals surface area contributed by atoms with Crippen LogP contribution in [0.4, 0.5) is 10.8 Å². The van der Waals surface area contributed by atoms with Gasteiger partial charge in [0, 0.05) is 6.42 Å². The molecule has 0 aliphatic heterocycles. The molecule has 136 valence electrons. The Morgan fingerprint density at radius 3 is 2.58 bits per heavy atom. The number of aromatic nitrogens is 1. The molecule has 1 aromatic heterocycles. The minimum atomic E-state index is -3.68. The second kappa shape index (κ2) is 7.05. The highest BCUT2D eigenvalue weighted by molar-refractivity contribution is 7.92. The number of nitrogens with zero attached hydrogens (tertiary/aromatic N) is 1. The molecule has 6 nitrogen and oxygen atoms in total. The number of hydrogen-bond donors (Lipinski definition) is 2. The van der Waals surface area contributed by atoms with Crippen LogP contribution in [0.15, 0.2) is 41.3 Å². The molecule has 3 rings (SSSR count). The summed E-state index contributed by atoms with van der Waals surface area (Å²) in [5.41, 5.74) is 2.73. The molecule has 2 aromatic carbocycles. The first-order chi connectivity index (χ1) is 12.3. The average molecular weight is 390 g/mol. The molecule has 3 aromatic rings. The van der Waals surface area contributed by atoms with Crippen LogP contribution in [0.25, 0.3) is 10.2 Å². The molecule has 0 bridgehead atoms. The number of hydrogen-bond acceptors (Lipinski definition) is 5. The molecule has 0 radical (unpaired) electrons. The van der Waals surface area contributed by atoms with Crippen molar-refractivity contribution >= 4 is 48.3 Å². The van der Waals surface area contributed by atoms with Gasteiger partial charge in [-0.1, -0.05) is 36.5 Å². The molecule has 1 heterocycles. The van der Waals surface area contributed by atoms with Gasteiger partial charge in [0.15, 0.2) is 5.13 Å². The zero-order valence-electron chi connectivity index (χ0n) is 14.7. The van der Waals surface area contributed by atoms with E-state index < -0.39 is 10.0 Å². The monoisotopic (exact) mass is 389 g/mol. The van der Waals surface area contributed by atoms with Crippen molar-refractivity contribution in [3.63, 3.8) is 0 Å². The summed E-state index contributed by atoms with van der Waals surface area (Å²) in [6, 6.07) is 10.3. The summed E-state index contributed by atoms with van der Waals surface area (Å²) in [7, 11) is -3.68. The van der Waals surface area contributed by atoms with Gasteiger partial charge in [-0.05, 0) is 43.2 Å². The largest absolute Gasteiger partial charge is 0.302 e. The predicted molar refractivity (Wildman–Crippen MR) is 105 cm³/mol. The van der Waals surface area contributed by atoms with E-state index in [1.807, 2.05) is 6.92 Å². The zero-order valence-corrected chi connectivity index (χ0v) is 16.3. The summed E-state index contributed by atoms with van der Waals surface area (Å²) in [6.07, 6.45) is 0.371. The first kappa shape index (κ1) is 18.3. The fourth-order valence-corrected chi connectivity index (χ4v) is 4.87. The Balaban J connectivity index is 1.96. The number of anilines is 2. The quantitative estimate of drug-likeness (QED) is 0.689. The van der Waals surface area contributed by atoms with Crippen LogP contribution in [0, 0.1) is 13.8 Å². The molecule has 0 fully saturated rings. The third-order valence-corrected chi connectivity index (χ3v) is 6.35. The van der Waals surface area contributed by atoms with E-state index in [9.17, 15) is 13.2 Å². The number of carbonyl (C=O) groups is 1. The number of benzene rings is 2. The maximum Gasteiger partial charge on any atom is 0.262 e. The Morgan fingerprint density at radius 1 is 1.15 bits per heavy atom. The second-order valence-electron chi connectivity index (χ2n) is 5.93. The van der Waals surface area contributed by atoms with E-state index in [0.717, 1.165) is 15.8 Å². The SMILES string of the molecule is CCC(=O)Nc1nc2c(C)cc(NS(=O)(=O)c3ccccc3C)cc2s1. The minimum Gasteiger partial charge on any atom is -0.302 e. The Bertz CT molecular complexity index is 1090. The Morgan fingerprint density at radius 2 is 1.88 bits per heavy atom. The van der Waals surface area contributed by atoms with Gasteiger partial charge < -0.3 is 5.32 Å². The highest BCUT2D eigenvalue weighted by atomic mass is 32.2. The van der Waals surface area contributed by atoms with Crippen molar-refractivity contribution in [3.05, 3.63) is 47.5 Å². The van der Waals surface area contributed by atoms with Crippen molar-refractivity contribution in [2.24, 2.45) is 0 Å². The predicted octanol–water partition coefficient (Wildman–Crippen LogP) is 4.06. The number of thiazole rings is 1. The van der Waals surface area contributed by atoms with Crippen molar-refractivity contribution in [3.8, 4) is 0 Å². The van der Waals surface area contributed by atoms with E-state index >= 15 is 0 Å². The molecule has 0 saturated carbocycles. The summed E-state index contributed by atoms with van der Waals surface area (Å²) in [6.45, 7) is 5.39. The highest BCUT2D eigenvalue weighted by Gasteiger charge is 2.18. The molecule has 8 heteroatoms. The molecule has 26 heavy (non-hydrogen) atoms. The third-order valence-electron chi connectivity index (χ3n) is 3.89. The maximum absolute atomic E-state index is 12.7. The van der Waals surface area contributed by atoms with Crippen LogP contribution >= 0.6 is 11.3 Å². The topological polar surface area (TPSA) is 88.2 Å². The second-order valence-corrected chi connectivity index (χ2v) is 8.61. The molecule has 0 aliphatic rings. The molecule has 0 atom stereocenters. The molecule has 0 saturated heterocycles. The van der Waals surface area contributed by atoms with Gasteiger partial charge in [-0.25, -0.2) is 13.4 Å². The van der Waals surface area contributed by atoms with Gasteiger partial charge >= 0.3 is 0 Å². The lowest BCUT2D eigenvalue weighted by Crippen LogP contribution is -2.14. The number of rotatable bonds is 5. The van der Waals surface area contributed by atoms with Gasteiger partial charge in [-0.2, -0.15) is 0 Å². The van der Waals surface area contributed by atoms with Crippen LogP contribution < -0.4 is 10.0 Å². The highest BCUT2D eigenvalue weighted by Crippen LogP contribution is 2.32. The first-order valence-corrected chi connectivity index (χ1v) is 10.4. The van der Waals surface area contributed by atoms with Crippen molar-refractivity contribution in [1.29, 1.82) is 0 Å². The van der Waals surface area contributed by atoms with Crippen molar-refractivity contribution in [1.82, 2.24) is 4.98 Å².